The van der Waals surface area contributed by atoms with Crippen molar-refractivity contribution in [3.05, 3.63) is 65.5 Å². The maximum Gasteiger partial charge on any atom is 0.243 e. The van der Waals surface area contributed by atoms with E-state index in [0.29, 0.717) is 18.2 Å². The van der Waals surface area contributed by atoms with Gasteiger partial charge in [-0.1, -0.05) is 31.2 Å². The van der Waals surface area contributed by atoms with Crippen LogP contribution in [0.4, 0.5) is 10.1 Å². The Morgan fingerprint density at radius 1 is 1.04 bits per heavy atom. The SMILES string of the molecule is CCc1ccccc1CNC(=NC)NCC(=O)Nc1ccc(F)cc1. The average Bonchev–Trinajstić information content (AvgIpc) is 2.64. The van der Waals surface area contributed by atoms with E-state index in [1.54, 1.807) is 7.05 Å². The molecule has 25 heavy (non-hydrogen) atoms. The van der Waals surface area contributed by atoms with E-state index >= 15 is 0 Å². The summed E-state index contributed by atoms with van der Waals surface area (Å²) < 4.78 is 12.9. The molecule has 2 aromatic rings. The van der Waals surface area contributed by atoms with E-state index < -0.39 is 0 Å². The van der Waals surface area contributed by atoms with Gasteiger partial charge >= 0.3 is 0 Å². The van der Waals surface area contributed by atoms with Gasteiger partial charge in [0, 0.05) is 19.3 Å². The molecular formula is C19H23FN4O. The Morgan fingerprint density at radius 3 is 2.36 bits per heavy atom. The fourth-order valence-corrected chi connectivity index (χ4v) is 2.38. The summed E-state index contributed by atoms with van der Waals surface area (Å²) in [6.07, 6.45) is 0.962. The maximum atomic E-state index is 12.9. The third-order valence-electron chi connectivity index (χ3n) is 3.71. The van der Waals surface area contributed by atoms with Crippen LogP contribution < -0.4 is 16.0 Å². The van der Waals surface area contributed by atoms with E-state index in [4.69, 9.17) is 0 Å². The van der Waals surface area contributed by atoms with E-state index in [-0.39, 0.29) is 18.3 Å². The average molecular weight is 342 g/mol. The van der Waals surface area contributed by atoms with E-state index in [2.05, 4.69) is 40.0 Å². The van der Waals surface area contributed by atoms with Gasteiger partial charge in [-0.25, -0.2) is 4.39 Å². The number of amides is 1. The number of guanidine groups is 1. The number of nitrogens with one attached hydrogen (secondary N) is 3. The number of anilines is 1. The van der Waals surface area contributed by atoms with Crippen LogP contribution in [-0.4, -0.2) is 25.5 Å². The lowest BCUT2D eigenvalue weighted by molar-refractivity contribution is -0.115. The van der Waals surface area contributed by atoms with Gasteiger partial charge in [0.15, 0.2) is 5.96 Å². The zero-order chi connectivity index (χ0) is 18.1. The molecule has 0 aliphatic carbocycles. The molecule has 2 rings (SSSR count). The van der Waals surface area contributed by atoms with Crippen molar-refractivity contribution in [3.63, 3.8) is 0 Å². The molecule has 0 spiro atoms. The summed E-state index contributed by atoms with van der Waals surface area (Å²) in [5.74, 6) is -0.0308. The van der Waals surface area contributed by atoms with Crippen molar-refractivity contribution in [2.24, 2.45) is 4.99 Å². The van der Waals surface area contributed by atoms with Gasteiger partial charge < -0.3 is 16.0 Å². The fraction of sp³-hybridized carbons (Fsp3) is 0.263. The maximum absolute atomic E-state index is 12.9. The number of aliphatic imine (C=N–C) groups is 1. The smallest absolute Gasteiger partial charge is 0.243 e. The third-order valence-corrected chi connectivity index (χ3v) is 3.71. The molecule has 3 N–H and O–H groups in total. The topological polar surface area (TPSA) is 65.5 Å². The fourth-order valence-electron chi connectivity index (χ4n) is 2.38. The van der Waals surface area contributed by atoms with Gasteiger partial charge in [0.1, 0.15) is 5.82 Å². The van der Waals surface area contributed by atoms with Gasteiger partial charge in [0.25, 0.3) is 0 Å². The minimum absolute atomic E-state index is 0.0620. The zero-order valence-electron chi connectivity index (χ0n) is 14.5. The van der Waals surface area contributed by atoms with Crippen molar-refractivity contribution in [2.75, 3.05) is 18.9 Å². The van der Waals surface area contributed by atoms with Crippen molar-refractivity contribution in [1.29, 1.82) is 0 Å². The molecule has 0 saturated heterocycles. The van der Waals surface area contributed by atoms with Gasteiger partial charge in [0.05, 0.1) is 6.54 Å². The van der Waals surface area contributed by atoms with Gasteiger partial charge in [-0.05, 0) is 41.8 Å². The van der Waals surface area contributed by atoms with Gasteiger partial charge in [-0.3, -0.25) is 9.79 Å². The molecular weight excluding hydrogens is 319 g/mol. The van der Waals surface area contributed by atoms with Crippen LogP contribution in [0.3, 0.4) is 0 Å². The second-order valence-electron chi connectivity index (χ2n) is 5.46. The first kappa shape index (κ1) is 18.4. The molecule has 0 radical (unpaired) electrons. The van der Waals surface area contributed by atoms with Crippen molar-refractivity contribution < 1.29 is 9.18 Å². The summed E-state index contributed by atoms with van der Waals surface area (Å²) in [6, 6.07) is 13.8. The number of rotatable bonds is 6. The Labute approximate surface area is 147 Å². The number of nitrogens with zero attached hydrogens (tertiary/aromatic N) is 1. The molecule has 132 valence electrons. The molecule has 0 aromatic heterocycles. The standard InChI is InChI=1S/C19H23FN4O/c1-3-14-6-4-5-7-15(14)12-22-19(21-2)23-13-18(25)24-17-10-8-16(20)9-11-17/h4-11H,3,12-13H2,1-2H3,(H,24,25)(H2,21,22,23). The Balaban J connectivity index is 1.81. The Kier molecular flexibility index (Phi) is 6.95. The molecule has 0 fully saturated rings. The highest BCUT2D eigenvalue weighted by Gasteiger charge is 2.06. The highest BCUT2D eigenvalue weighted by Crippen LogP contribution is 2.09. The summed E-state index contributed by atoms with van der Waals surface area (Å²) in [6.45, 7) is 2.81. The molecule has 0 aliphatic rings. The minimum Gasteiger partial charge on any atom is -0.352 e. The highest BCUT2D eigenvalue weighted by atomic mass is 19.1. The van der Waals surface area contributed by atoms with E-state index in [1.165, 1.54) is 35.4 Å². The largest absolute Gasteiger partial charge is 0.352 e. The first-order valence-corrected chi connectivity index (χ1v) is 8.19. The number of halogens is 1. The second-order valence-corrected chi connectivity index (χ2v) is 5.46. The lowest BCUT2D eigenvalue weighted by Crippen LogP contribution is -2.41. The molecule has 0 unspecified atom stereocenters. The first-order valence-electron chi connectivity index (χ1n) is 8.19. The number of carbonyl (C=O) groups excluding carboxylic acids is 1. The Morgan fingerprint density at radius 2 is 1.72 bits per heavy atom. The van der Waals surface area contributed by atoms with Gasteiger partial charge in [-0.2, -0.15) is 0 Å². The summed E-state index contributed by atoms with van der Waals surface area (Å²) in [4.78, 5) is 16.1. The van der Waals surface area contributed by atoms with Crippen LogP contribution in [0.1, 0.15) is 18.1 Å². The second kappa shape index (κ2) is 9.42. The molecule has 1 amide bonds. The zero-order valence-corrected chi connectivity index (χ0v) is 14.5. The Bertz CT molecular complexity index is 728. The number of hydrogen-bond acceptors (Lipinski definition) is 2. The number of benzene rings is 2. The molecule has 0 saturated carbocycles. The van der Waals surface area contributed by atoms with Crippen LogP contribution in [0.25, 0.3) is 0 Å². The summed E-state index contributed by atoms with van der Waals surface area (Å²) in [5, 5.41) is 8.85. The highest BCUT2D eigenvalue weighted by molar-refractivity contribution is 5.94. The lowest BCUT2D eigenvalue weighted by atomic mass is 10.1. The molecule has 0 heterocycles. The van der Waals surface area contributed by atoms with Crippen molar-refractivity contribution >= 4 is 17.6 Å². The molecule has 0 bridgehead atoms. The van der Waals surface area contributed by atoms with Crippen LogP contribution in [0.5, 0.6) is 0 Å². The van der Waals surface area contributed by atoms with Gasteiger partial charge in [-0.15, -0.1) is 0 Å². The van der Waals surface area contributed by atoms with Crippen molar-refractivity contribution in [1.82, 2.24) is 10.6 Å². The van der Waals surface area contributed by atoms with Crippen LogP contribution in [0.2, 0.25) is 0 Å². The quantitative estimate of drug-likeness (QED) is 0.559. The number of carbonyl (C=O) groups is 1. The molecule has 2 aromatic carbocycles. The minimum atomic E-state index is -0.340. The number of aryl methyl sites for hydroxylation is 1. The van der Waals surface area contributed by atoms with Crippen LogP contribution in [0, 0.1) is 5.82 Å². The Hall–Kier alpha value is -2.89. The molecule has 6 heteroatoms. The predicted molar refractivity (Wildman–Crippen MR) is 99.1 cm³/mol. The van der Waals surface area contributed by atoms with Gasteiger partial charge in [0.2, 0.25) is 5.91 Å². The molecule has 5 nitrogen and oxygen atoms in total. The predicted octanol–water partition coefficient (Wildman–Crippen LogP) is 2.69. The summed E-state index contributed by atoms with van der Waals surface area (Å²) in [7, 11) is 1.65. The third kappa shape index (κ3) is 5.91. The van der Waals surface area contributed by atoms with E-state index in [9.17, 15) is 9.18 Å². The van der Waals surface area contributed by atoms with E-state index in [1.807, 2.05) is 12.1 Å². The monoisotopic (exact) mass is 342 g/mol. The van der Waals surface area contributed by atoms with Crippen molar-refractivity contribution in [2.45, 2.75) is 19.9 Å². The molecule has 0 atom stereocenters. The van der Waals surface area contributed by atoms with Crippen LogP contribution in [0.15, 0.2) is 53.5 Å². The number of hydrogen-bond donors (Lipinski definition) is 3. The lowest BCUT2D eigenvalue weighted by Gasteiger charge is -2.13. The summed E-state index contributed by atoms with van der Waals surface area (Å²) >= 11 is 0. The van der Waals surface area contributed by atoms with Crippen LogP contribution in [-0.2, 0) is 17.8 Å². The van der Waals surface area contributed by atoms with E-state index in [0.717, 1.165) is 6.42 Å². The first-order chi connectivity index (χ1) is 12.1. The molecule has 0 aliphatic heterocycles. The van der Waals surface area contributed by atoms with Crippen LogP contribution >= 0.6 is 0 Å². The van der Waals surface area contributed by atoms with Crippen molar-refractivity contribution in [3.8, 4) is 0 Å². The summed E-state index contributed by atoms with van der Waals surface area (Å²) in [5.41, 5.74) is 3.02. The normalized spacial score (nSPS) is 11.1.